The smallest absolute Gasteiger partial charge is 0.0963 e. The van der Waals surface area contributed by atoms with Crippen LogP contribution in [0.2, 0.25) is 0 Å². The largest absolute Gasteiger partial charge is 0.501 e. The predicted molar refractivity (Wildman–Crippen MR) is 49.6 cm³/mol. The van der Waals surface area contributed by atoms with E-state index in [4.69, 9.17) is 9.47 Å². The van der Waals surface area contributed by atoms with E-state index in [1.807, 2.05) is 0 Å². The Morgan fingerprint density at radius 3 is 1.82 bits per heavy atom. The van der Waals surface area contributed by atoms with E-state index < -0.39 is 0 Å². The standard InChI is InChI=1S/C8H14O2S/c1-3-9-5-7-11-8-6-10-4-2/h3-4H,1-2,5-8H2. The molecule has 0 saturated heterocycles. The lowest BCUT2D eigenvalue weighted by atomic mass is 10.8. The van der Waals surface area contributed by atoms with Crippen molar-refractivity contribution in [3.8, 4) is 0 Å². The zero-order valence-corrected chi connectivity index (χ0v) is 7.44. The average Bonchev–Trinajstić information content (AvgIpc) is 2.03. The molecule has 0 aromatic rings. The van der Waals surface area contributed by atoms with E-state index in [0.29, 0.717) is 0 Å². The van der Waals surface area contributed by atoms with Crippen molar-refractivity contribution in [1.82, 2.24) is 0 Å². The second-order valence-corrected chi connectivity index (χ2v) is 2.91. The second-order valence-electron chi connectivity index (χ2n) is 1.69. The average molecular weight is 174 g/mol. The third-order valence-electron chi connectivity index (χ3n) is 0.927. The minimum Gasteiger partial charge on any atom is -0.501 e. The van der Waals surface area contributed by atoms with Crippen molar-refractivity contribution >= 4 is 11.8 Å². The zero-order valence-electron chi connectivity index (χ0n) is 6.62. The molecule has 0 amide bonds. The topological polar surface area (TPSA) is 18.5 Å². The van der Waals surface area contributed by atoms with Gasteiger partial charge in [-0.3, -0.25) is 0 Å². The van der Waals surface area contributed by atoms with E-state index in [-0.39, 0.29) is 0 Å². The molecule has 0 aliphatic rings. The summed E-state index contributed by atoms with van der Waals surface area (Å²) >= 11 is 1.79. The predicted octanol–water partition coefficient (Wildman–Crippen LogP) is 2.04. The van der Waals surface area contributed by atoms with Crippen molar-refractivity contribution < 1.29 is 9.47 Å². The first-order valence-electron chi connectivity index (χ1n) is 3.44. The van der Waals surface area contributed by atoms with E-state index in [1.54, 1.807) is 11.8 Å². The molecule has 2 nitrogen and oxygen atoms in total. The molecule has 0 aromatic heterocycles. The van der Waals surface area contributed by atoms with Gasteiger partial charge in [0.25, 0.3) is 0 Å². The number of thioether (sulfide) groups is 1. The summed E-state index contributed by atoms with van der Waals surface area (Å²) in [7, 11) is 0. The Morgan fingerprint density at radius 2 is 1.45 bits per heavy atom. The van der Waals surface area contributed by atoms with E-state index in [2.05, 4.69) is 13.2 Å². The first kappa shape index (κ1) is 10.4. The van der Waals surface area contributed by atoms with Crippen molar-refractivity contribution in [3.63, 3.8) is 0 Å². The summed E-state index contributed by atoms with van der Waals surface area (Å²) in [6.07, 6.45) is 2.92. The second kappa shape index (κ2) is 9.43. The van der Waals surface area contributed by atoms with Crippen LogP contribution in [0.25, 0.3) is 0 Å². The van der Waals surface area contributed by atoms with E-state index in [9.17, 15) is 0 Å². The number of hydrogen-bond donors (Lipinski definition) is 0. The van der Waals surface area contributed by atoms with Crippen molar-refractivity contribution in [1.29, 1.82) is 0 Å². The molecule has 0 aromatic carbocycles. The Bertz CT molecular complexity index is 92.3. The molecule has 0 rings (SSSR count). The normalized spacial score (nSPS) is 8.73. The highest BCUT2D eigenvalue weighted by atomic mass is 32.2. The van der Waals surface area contributed by atoms with E-state index in [0.717, 1.165) is 24.7 Å². The van der Waals surface area contributed by atoms with Gasteiger partial charge in [-0.15, -0.1) is 0 Å². The summed E-state index contributed by atoms with van der Waals surface area (Å²) in [5, 5.41) is 0. The first-order chi connectivity index (χ1) is 5.41. The maximum absolute atomic E-state index is 4.92. The van der Waals surface area contributed by atoms with Gasteiger partial charge in [0.15, 0.2) is 0 Å². The molecule has 0 aliphatic heterocycles. The number of hydrogen-bond acceptors (Lipinski definition) is 3. The molecular weight excluding hydrogens is 160 g/mol. The van der Waals surface area contributed by atoms with Crippen LogP contribution < -0.4 is 0 Å². The summed E-state index contributed by atoms with van der Waals surface area (Å²) in [6.45, 7) is 8.33. The van der Waals surface area contributed by atoms with Crippen LogP contribution in [0.5, 0.6) is 0 Å². The molecule has 64 valence electrons. The molecule has 0 bridgehead atoms. The highest BCUT2D eigenvalue weighted by Gasteiger charge is 1.87. The van der Waals surface area contributed by atoms with Crippen LogP contribution in [0.4, 0.5) is 0 Å². The molecule has 11 heavy (non-hydrogen) atoms. The van der Waals surface area contributed by atoms with Crippen LogP contribution in [0.1, 0.15) is 0 Å². The van der Waals surface area contributed by atoms with Crippen LogP contribution in [0, 0.1) is 0 Å². The summed E-state index contributed by atoms with van der Waals surface area (Å²) < 4.78 is 9.84. The molecular formula is C8H14O2S. The summed E-state index contributed by atoms with van der Waals surface area (Å²) in [4.78, 5) is 0. The van der Waals surface area contributed by atoms with Gasteiger partial charge in [0.2, 0.25) is 0 Å². The molecule has 0 atom stereocenters. The lowest BCUT2D eigenvalue weighted by Gasteiger charge is -2.00. The summed E-state index contributed by atoms with van der Waals surface area (Å²) in [5.74, 6) is 1.96. The number of rotatable bonds is 8. The maximum Gasteiger partial charge on any atom is 0.0963 e. The molecule has 0 radical (unpaired) electrons. The minimum absolute atomic E-state index is 0.724. The highest BCUT2D eigenvalue weighted by Crippen LogP contribution is 1.98. The Balaban J connectivity index is 2.79. The zero-order chi connectivity index (χ0) is 8.36. The molecule has 0 fully saturated rings. The molecule has 3 heteroatoms. The van der Waals surface area contributed by atoms with E-state index >= 15 is 0 Å². The van der Waals surface area contributed by atoms with Gasteiger partial charge < -0.3 is 9.47 Å². The lowest BCUT2D eigenvalue weighted by Crippen LogP contribution is -1.96. The Morgan fingerprint density at radius 1 is 1.00 bits per heavy atom. The van der Waals surface area contributed by atoms with Crippen LogP contribution in [-0.4, -0.2) is 24.7 Å². The van der Waals surface area contributed by atoms with Crippen molar-refractivity contribution in [2.45, 2.75) is 0 Å². The Kier molecular flexibility index (Phi) is 8.94. The molecule has 0 aliphatic carbocycles. The maximum atomic E-state index is 4.92. The molecule has 0 heterocycles. The Labute approximate surface area is 72.3 Å². The van der Waals surface area contributed by atoms with E-state index in [1.165, 1.54) is 12.5 Å². The fourth-order valence-electron chi connectivity index (χ4n) is 0.483. The third kappa shape index (κ3) is 9.43. The number of ether oxygens (including phenoxy) is 2. The monoisotopic (exact) mass is 174 g/mol. The van der Waals surface area contributed by atoms with Gasteiger partial charge in [-0.25, -0.2) is 0 Å². The van der Waals surface area contributed by atoms with Gasteiger partial charge in [-0.1, -0.05) is 13.2 Å². The van der Waals surface area contributed by atoms with Crippen molar-refractivity contribution in [2.75, 3.05) is 24.7 Å². The van der Waals surface area contributed by atoms with Gasteiger partial charge in [0, 0.05) is 11.5 Å². The Hall–Kier alpha value is -0.570. The van der Waals surface area contributed by atoms with Gasteiger partial charge in [0.05, 0.1) is 25.7 Å². The van der Waals surface area contributed by atoms with Crippen LogP contribution in [0.3, 0.4) is 0 Å². The van der Waals surface area contributed by atoms with Gasteiger partial charge in [-0.2, -0.15) is 11.8 Å². The van der Waals surface area contributed by atoms with Crippen molar-refractivity contribution in [2.24, 2.45) is 0 Å². The van der Waals surface area contributed by atoms with Crippen LogP contribution in [-0.2, 0) is 9.47 Å². The lowest BCUT2D eigenvalue weighted by molar-refractivity contribution is 0.270. The van der Waals surface area contributed by atoms with Gasteiger partial charge >= 0.3 is 0 Å². The molecule has 0 N–H and O–H groups in total. The quantitative estimate of drug-likeness (QED) is 0.414. The third-order valence-corrected chi connectivity index (χ3v) is 1.84. The summed E-state index contributed by atoms with van der Waals surface area (Å²) in [6, 6.07) is 0. The molecule has 0 spiro atoms. The van der Waals surface area contributed by atoms with Crippen molar-refractivity contribution in [3.05, 3.63) is 25.7 Å². The summed E-state index contributed by atoms with van der Waals surface area (Å²) in [5.41, 5.74) is 0. The highest BCUT2D eigenvalue weighted by molar-refractivity contribution is 7.99. The SMILES string of the molecule is C=COCCSCCOC=C. The molecule has 0 unspecified atom stereocenters. The van der Waals surface area contributed by atoms with Crippen LogP contribution >= 0.6 is 11.8 Å². The first-order valence-corrected chi connectivity index (χ1v) is 4.60. The van der Waals surface area contributed by atoms with Gasteiger partial charge in [-0.05, 0) is 0 Å². The van der Waals surface area contributed by atoms with Gasteiger partial charge in [0.1, 0.15) is 0 Å². The molecule has 0 saturated carbocycles. The van der Waals surface area contributed by atoms with Crippen LogP contribution in [0.15, 0.2) is 25.7 Å². The fraction of sp³-hybridized carbons (Fsp3) is 0.500. The minimum atomic E-state index is 0.724. The fourth-order valence-corrected chi connectivity index (χ4v) is 1.12.